The zero-order valence-corrected chi connectivity index (χ0v) is 22.3. The van der Waals surface area contributed by atoms with Crippen molar-refractivity contribution < 1.29 is 28.6 Å². The third-order valence-electron chi connectivity index (χ3n) is 5.98. The maximum Gasteiger partial charge on any atom is 0.344 e. The number of methoxy groups -OCH3 is 1. The van der Waals surface area contributed by atoms with Crippen molar-refractivity contribution in [1.29, 1.82) is 0 Å². The van der Waals surface area contributed by atoms with E-state index >= 15 is 0 Å². The zero-order chi connectivity index (χ0) is 27.4. The number of esters is 1. The molecule has 1 aliphatic heterocycles. The zero-order valence-electron chi connectivity index (χ0n) is 20.8. The molecule has 0 aromatic heterocycles. The standard InChI is InChI=1S/C30H22ClNO6S/c1-36-26-17-19(13-14-25(26)38-29(34)22-10-6-8-20-7-2-3-9-21(20)22)18-27-28(33)32(30(35)39-27)15-16-37-24-12-5-4-11-23(24)31/h2-14,17-18H,15-16H2,1H3/b27-18-. The molecule has 1 heterocycles. The molecule has 9 heteroatoms. The summed E-state index contributed by atoms with van der Waals surface area (Å²) in [5.74, 6) is 0.0910. The number of rotatable bonds is 8. The lowest BCUT2D eigenvalue weighted by Gasteiger charge is -2.13. The van der Waals surface area contributed by atoms with Gasteiger partial charge in [0.2, 0.25) is 0 Å². The molecule has 0 spiro atoms. The third-order valence-corrected chi connectivity index (χ3v) is 7.20. The number of thioether (sulfide) groups is 1. The van der Waals surface area contributed by atoms with Gasteiger partial charge in [-0.2, -0.15) is 0 Å². The highest BCUT2D eigenvalue weighted by Crippen LogP contribution is 2.35. The van der Waals surface area contributed by atoms with E-state index in [-0.39, 0.29) is 29.0 Å². The van der Waals surface area contributed by atoms with Crippen LogP contribution in [0.1, 0.15) is 15.9 Å². The second-order valence-electron chi connectivity index (χ2n) is 8.44. The first-order valence-corrected chi connectivity index (χ1v) is 13.1. The quantitative estimate of drug-likeness (QED) is 0.133. The largest absolute Gasteiger partial charge is 0.493 e. The van der Waals surface area contributed by atoms with Gasteiger partial charge in [0.15, 0.2) is 11.5 Å². The molecule has 4 aromatic carbocycles. The molecule has 2 amide bonds. The Balaban J connectivity index is 1.28. The number of amides is 2. The number of ether oxygens (including phenoxy) is 3. The fourth-order valence-corrected chi connectivity index (χ4v) is 5.12. The number of nitrogens with zero attached hydrogens (tertiary/aromatic N) is 1. The fourth-order valence-electron chi connectivity index (χ4n) is 4.07. The lowest BCUT2D eigenvalue weighted by Crippen LogP contribution is -2.32. The third kappa shape index (κ3) is 5.77. The lowest BCUT2D eigenvalue weighted by molar-refractivity contribution is -0.123. The number of fused-ring (bicyclic) bond motifs is 1. The molecule has 0 atom stereocenters. The van der Waals surface area contributed by atoms with Crippen LogP contribution in [0, 0.1) is 0 Å². The molecule has 0 aliphatic carbocycles. The van der Waals surface area contributed by atoms with E-state index in [0.717, 1.165) is 27.4 Å². The fraction of sp³-hybridized carbons (Fsp3) is 0.100. The minimum atomic E-state index is -0.516. The van der Waals surface area contributed by atoms with Crippen LogP contribution in [0.5, 0.6) is 17.2 Å². The van der Waals surface area contributed by atoms with Crippen LogP contribution in [0.2, 0.25) is 5.02 Å². The van der Waals surface area contributed by atoms with E-state index in [2.05, 4.69) is 0 Å². The molecule has 7 nitrogen and oxygen atoms in total. The van der Waals surface area contributed by atoms with Crippen molar-refractivity contribution in [3.63, 3.8) is 0 Å². The molecule has 0 saturated carbocycles. The molecule has 0 N–H and O–H groups in total. The highest BCUT2D eigenvalue weighted by Gasteiger charge is 2.35. The molecule has 0 bridgehead atoms. The summed E-state index contributed by atoms with van der Waals surface area (Å²) in [6.45, 7) is 0.194. The minimum absolute atomic E-state index is 0.0829. The molecule has 1 saturated heterocycles. The van der Waals surface area contributed by atoms with E-state index in [1.54, 1.807) is 60.7 Å². The first-order chi connectivity index (χ1) is 18.9. The summed E-state index contributed by atoms with van der Waals surface area (Å²) in [4.78, 5) is 39.7. The average molecular weight is 560 g/mol. The Hall–Kier alpha value is -4.27. The minimum Gasteiger partial charge on any atom is -0.493 e. The van der Waals surface area contributed by atoms with Gasteiger partial charge < -0.3 is 14.2 Å². The Morgan fingerprint density at radius 3 is 2.51 bits per heavy atom. The van der Waals surface area contributed by atoms with Crippen LogP contribution in [0.25, 0.3) is 16.8 Å². The summed E-state index contributed by atoms with van der Waals surface area (Å²) in [6, 6.07) is 24.9. The van der Waals surface area contributed by atoms with Crippen molar-refractivity contribution >= 4 is 57.3 Å². The summed E-state index contributed by atoms with van der Waals surface area (Å²) >= 11 is 6.93. The van der Waals surface area contributed by atoms with E-state index in [9.17, 15) is 14.4 Å². The van der Waals surface area contributed by atoms with Crippen molar-refractivity contribution in [3.8, 4) is 17.2 Å². The van der Waals surface area contributed by atoms with E-state index in [4.69, 9.17) is 25.8 Å². The van der Waals surface area contributed by atoms with Gasteiger partial charge in [0.05, 0.1) is 29.1 Å². The highest BCUT2D eigenvalue weighted by atomic mass is 35.5. The van der Waals surface area contributed by atoms with Gasteiger partial charge in [0.25, 0.3) is 11.1 Å². The van der Waals surface area contributed by atoms with Gasteiger partial charge >= 0.3 is 5.97 Å². The van der Waals surface area contributed by atoms with Crippen LogP contribution >= 0.6 is 23.4 Å². The number of benzene rings is 4. The van der Waals surface area contributed by atoms with E-state index in [1.807, 2.05) is 30.3 Å². The summed E-state index contributed by atoms with van der Waals surface area (Å²) < 4.78 is 16.7. The van der Waals surface area contributed by atoms with Gasteiger partial charge in [0, 0.05) is 0 Å². The molecule has 1 aliphatic rings. The lowest BCUT2D eigenvalue weighted by atomic mass is 10.0. The maximum absolute atomic E-state index is 13.0. The monoisotopic (exact) mass is 559 g/mol. The normalized spacial score (nSPS) is 14.2. The van der Waals surface area contributed by atoms with Crippen molar-refractivity contribution in [1.82, 2.24) is 4.90 Å². The van der Waals surface area contributed by atoms with Crippen LogP contribution < -0.4 is 14.2 Å². The number of carbonyl (C=O) groups is 3. The first kappa shape index (κ1) is 26.3. The molecule has 0 radical (unpaired) electrons. The average Bonchev–Trinajstić information content (AvgIpc) is 3.21. The number of hydrogen-bond donors (Lipinski definition) is 0. The molecular formula is C30H22ClNO6S. The van der Waals surface area contributed by atoms with Crippen molar-refractivity contribution in [2.75, 3.05) is 20.3 Å². The Bertz CT molecular complexity index is 1610. The Morgan fingerprint density at radius 2 is 1.69 bits per heavy atom. The van der Waals surface area contributed by atoms with Gasteiger partial charge in [-0.3, -0.25) is 14.5 Å². The second kappa shape index (κ2) is 11.6. The second-order valence-corrected chi connectivity index (χ2v) is 9.84. The molecule has 196 valence electrons. The highest BCUT2D eigenvalue weighted by molar-refractivity contribution is 8.18. The van der Waals surface area contributed by atoms with Gasteiger partial charge in [-0.25, -0.2) is 4.79 Å². The Labute approximate surface area is 233 Å². The van der Waals surface area contributed by atoms with Crippen molar-refractivity contribution in [2.24, 2.45) is 0 Å². The summed E-state index contributed by atoms with van der Waals surface area (Å²) in [5.41, 5.74) is 1.04. The van der Waals surface area contributed by atoms with Gasteiger partial charge in [-0.15, -0.1) is 0 Å². The molecule has 0 unspecified atom stereocenters. The number of imide groups is 1. The predicted octanol–water partition coefficient (Wildman–Crippen LogP) is 6.84. The van der Waals surface area contributed by atoms with Crippen LogP contribution in [-0.2, 0) is 4.79 Å². The first-order valence-electron chi connectivity index (χ1n) is 12.0. The smallest absolute Gasteiger partial charge is 0.344 e. The van der Waals surface area contributed by atoms with Crippen LogP contribution in [-0.4, -0.2) is 42.3 Å². The van der Waals surface area contributed by atoms with Gasteiger partial charge in [-0.05, 0) is 64.5 Å². The molecule has 5 rings (SSSR count). The van der Waals surface area contributed by atoms with Gasteiger partial charge in [-0.1, -0.05) is 66.2 Å². The van der Waals surface area contributed by atoms with E-state index < -0.39 is 11.9 Å². The Morgan fingerprint density at radius 1 is 0.923 bits per heavy atom. The molecular weight excluding hydrogens is 538 g/mol. The van der Waals surface area contributed by atoms with Crippen LogP contribution in [0.4, 0.5) is 4.79 Å². The SMILES string of the molecule is COc1cc(/C=C2\SC(=O)N(CCOc3ccccc3Cl)C2=O)ccc1OC(=O)c1cccc2ccccc12. The van der Waals surface area contributed by atoms with Crippen LogP contribution in [0.3, 0.4) is 0 Å². The maximum atomic E-state index is 13.0. The summed E-state index contributed by atoms with van der Waals surface area (Å²) in [6.07, 6.45) is 1.60. The van der Waals surface area contributed by atoms with Crippen molar-refractivity contribution in [2.45, 2.75) is 0 Å². The molecule has 39 heavy (non-hydrogen) atoms. The number of halogens is 1. The van der Waals surface area contributed by atoms with Crippen molar-refractivity contribution in [3.05, 3.63) is 106 Å². The van der Waals surface area contributed by atoms with Gasteiger partial charge in [0.1, 0.15) is 12.4 Å². The molecule has 4 aromatic rings. The van der Waals surface area contributed by atoms with Crippen LogP contribution in [0.15, 0.2) is 89.8 Å². The summed E-state index contributed by atoms with van der Waals surface area (Å²) in [7, 11) is 1.46. The number of carbonyl (C=O) groups excluding carboxylic acids is 3. The topological polar surface area (TPSA) is 82.1 Å². The van der Waals surface area contributed by atoms with E-state index in [0.29, 0.717) is 27.6 Å². The Kier molecular flexibility index (Phi) is 7.86. The predicted molar refractivity (Wildman–Crippen MR) is 152 cm³/mol. The number of para-hydroxylation sites is 1. The summed E-state index contributed by atoms with van der Waals surface area (Å²) in [5, 5.41) is 1.78. The van der Waals surface area contributed by atoms with E-state index in [1.165, 1.54) is 7.11 Å². The molecule has 1 fully saturated rings. The number of hydrogen-bond acceptors (Lipinski definition) is 7.